The summed E-state index contributed by atoms with van der Waals surface area (Å²) in [6, 6.07) is 16.7. The van der Waals surface area contributed by atoms with Crippen molar-refractivity contribution in [1.29, 1.82) is 0 Å². The maximum absolute atomic E-state index is 5.46. The topological polar surface area (TPSA) is 33.3 Å². The van der Waals surface area contributed by atoms with Crippen molar-refractivity contribution in [2.24, 2.45) is 0 Å². The minimum absolute atomic E-state index is 0.172. The molecule has 128 valence electrons. The molecule has 0 saturated carbocycles. The Morgan fingerprint density at radius 1 is 1.00 bits per heavy atom. The van der Waals surface area contributed by atoms with Gasteiger partial charge in [-0.2, -0.15) is 0 Å². The number of hydrogen-bond acceptors (Lipinski definition) is 2. The summed E-state index contributed by atoms with van der Waals surface area (Å²) < 4.78 is 5.21. The fraction of sp³-hybridized carbons (Fsp3) is 0.350. The SMILES string of the molecule is CCC(NC(=S)Nc1ccc(C(C)C)cc1)c1ccc(OC)cc1. The van der Waals surface area contributed by atoms with Gasteiger partial charge in [0, 0.05) is 5.69 Å². The maximum Gasteiger partial charge on any atom is 0.171 e. The number of rotatable bonds is 6. The van der Waals surface area contributed by atoms with Crippen LogP contribution in [0, 0.1) is 0 Å². The Morgan fingerprint density at radius 2 is 1.58 bits per heavy atom. The predicted molar refractivity (Wildman–Crippen MR) is 106 cm³/mol. The van der Waals surface area contributed by atoms with Gasteiger partial charge in [-0.15, -0.1) is 0 Å². The lowest BCUT2D eigenvalue weighted by Crippen LogP contribution is -2.32. The molecule has 0 fully saturated rings. The molecule has 0 heterocycles. The van der Waals surface area contributed by atoms with E-state index in [1.807, 2.05) is 12.1 Å². The Hall–Kier alpha value is -2.07. The van der Waals surface area contributed by atoms with Crippen LogP contribution in [-0.4, -0.2) is 12.2 Å². The zero-order chi connectivity index (χ0) is 17.5. The van der Waals surface area contributed by atoms with E-state index >= 15 is 0 Å². The second kappa shape index (κ2) is 8.69. The van der Waals surface area contributed by atoms with Gasteiger partial charge in [-0.05, 0) is 59.9 Å². The molecule has 1 atom stereocenters. The molecule has 2 rings (SSSR count). The van der Waals surface area contributed by atoms with E-state index in [0.29, 0.717) is 11.0 Å². The summed E-state index contributed by atoms with van der Waals surface area (Å²) in [5, 5.41) is 7.28. The van der Waals surface area contributed by atoms with E-state index in [2.05, 4.69) is 67.8 Å². The summed E-state index contributed by atoms with van der Waals surface area (Å²) in [5.74, 6) is 1.39. The minimum atomic E-state index is 0.172. The molecule has 0 amide bonds. The van der Waals surface area contributed by atoms with Gasteiger partial charge in [-0.1, -0.05) is 45.0 Å². The van der Waals surface area contributed by atoms with Gasteiger partial charge in [0.2, 0.25) is 0 Å². The summed E-state index contributed by atoms with van der Waals surface area (Å²) in [7, 11) is 1.67. The van der Waals surface area contributed by atoms with Crippen LogP contribution in [0.1, 0.15) is 50.3 Å². The summed E-state index contributed by atoms with van der Waals surface area (Å²) in [6.07, 6.45) is 0.945. The third kappa shape index (κ3) is 4.96. The number of hydrogen-bond donors (Lipinski definition) is 2. The molecule has 24 heavy (non-hydrogen) atoms. The Morgan fingerprint density at radius 3 is 2.08 bits per heavy atom. The van der Waals surface area contributed by atoms with Gasteiger partial charge < -0.3 is 15.4 Å². The average Bonchev–Trinajstić information content (AvgIpc) is 2.60. The van der Waals surface area contributed by atoms with Crippen molar-refractivity contribution in [3.8, 4) is 5.75 Å². The van der Waals surface area contributed by atoms with Crippen LogP contribution in [0.3, 0.4) is 0 Å². The highest BCUT2D eigenvalue weighted by Crippen LogP contribution is 2.21. The molecule has 2 aromatic rings. The maximum atomic E-state index is 5.46. The first-order valence-electron chi connectivity index (χ1n) is 8.35. The fourth-order valence-electron chi connectivity index (χ4n) is 2.53. The number of anilines is 1. The van der Waals surface area contributed by atoms with Crippen LogP contribution in [0.5, 0.6) is 5.75 Å². The monoisotopic (exact) mass is 342 g/mol. The lowest BCUT2D eigenvalue weighted by Gasteiger charge is -2.20. The van der Waals surface area contributed by atoms with E-state index in [4.69, 9.17) is 17.0 Å². The number of thiocarbonyl (C=S) groups is 1. The molecule has 0 aliphatic heterocycles. The van der Waals surface area contributed by atoms with Gasteiger partial charge in [0.25, 0.3) is 0 Å². The number of nitrogens with one attached hydrogen (secondary N) is 2. The first-order valence-corrected chi connectivity index (χ1v) is 8.75. The van der Waals surface area contributed by atoms with Crippen molar-refractivity contribution in [3.63, 3.8) is 0 Å². The highest BCUT2D eigenvalue weighted by molar-refractivity contribution is 7.80. The summed E-state index contributed by atoms with van der Waals surface area (Å²) in [4.78, 5) is 0. The van der Waals surface area contributed by atoms with Crippen molar-refractivity contribution in [3.05, 3.63) is 59.7 Å². The predicted octanol–water partition coefficient (Wildman–Crippen LogP) is 5.26. The molecule has 0 radical (unpaired) electrons. The van der Waals surface area contributed by atoms with Crippen LogP contribution >= 0.6 is 12.2 Å². The molecule has 4 heteroatoms. The van der Waals surface area contributed by atoms with Crippen LogP contribution in [0.4, 0.5) is 5.69 Å². The molecular weight excluding hydrogens is 316 g/mol. The molecular formula is C20H26N2OS. The van der Waals surface area contributed by atoms with Crippen molar-refractivity contribution in [2.75, 3.05) is 12.4 Å². The number of ether oxygens (including phenoxy) is 1. The van der Waals surface area contributed by atoms with E-state index in [1.165, 1.54) is 11.1 Å². The Balaban J connectivity index is 1.98. The van der Waals surface area contributed by atoms with Gasteiger partial charge in [0.15, 0.2) is 5.11 Å². The third-order valence-electron chi connectivity index (χ3n) is 4.07. The normalized spacial score (nSPS) is 11.9. The lowest BCUT2D eigenvalue weighted by atomic mass is 10.0. The van der Waals surface area contributed by atoms with Crippen LogP contribution in [0.2, 0.25) is 0 Å². The minimum Gasteiger partial charge on any atom is -0.497 e. The first-order chi connectivity index (χ1) is 11.5. The van der Waals surface area contributed by atoms with E-state index in [9.17, 15) is 0 Å². The average molecular weight is 343 g/mol. The Bertz CT molecular complexity index is 650. The van der Waals surface area contributed by atoms with Crippen molar-refractivity contribution < 1.29 is 4.74 Å². The molecule has 3 nitrogen and oxygen atoms in total. The second-order valence-corrected chi connectivity index (χ2v) is 6.52. The number of methoxy groups -OCH3 is 1. The van der Waals surface area contributed by atoms with Gasteiger partial charge in [-0.25, -0.2) is 0 Å². The molecule has 0 bridgehead atoms. The van der Waals surface area contributed by atoms with Crippen LogP contribution in [-0.2, 0) is 0 Å². The lowest BCUT2D eigenvalue weighted by molar-refractivity contribution is 0.414. The summed E-state index contributed by atoms with van der Waals surface area (Å²) in [5.41, 5.74) is 3.52. The van der Waals surface area contributed by atoms with Gasteiger partial charge in [0.1, 0.15) is 5.75 Å². The van der Waals surface area contributed by atoms with E-state index in [1.54, 1.807) is 7.11 Å². The molecule has 2 N–H and O–H groups in total. The molecule has 0 saturated heterocycles. The van der Waals surface area contributed by atoms with Gasteiger partial charge in [0.05, 0.1) is 13.2 Å². The van der Waals surface area contributed by atoms with Crippen LogP contribution < -0.4 is 15.4 Å². The Kier molecular flexibility index (Phi) is 6.62. The highest BCUT2D eigenvalue weighted by atomic mass is 32.1. The fourth-order valence-corrected chi connectivity index (χ4v) is 2.79. The van der Waals surface area contributed by atoms with E-state index in [-0.39, 0.29) is 6.04 Å². The molecule has 0 aliphatic rings. The Labute approximate surface area is 150 Å². The standard InChI is InChI=1S/C20H26N2OS/c1-5-19(16-8-12-18(23-4)13-9-16)22-20(24)21-17-10-6-15(7-11-17)14(2)3/h6-14,19H,5H2,1-4H3,(H2,21,22,24). The molecule has 2 aromatic carbocycles. The molecule has 0 aliphatic carbocycles. The molecule has 1 unspecified atom stereocenters. The zero-order valence-electron chi connectivity index (χ0n) is 14.8. The highest BCUT2D eigenvalue weighted by Gasteiger charge is 2.11. The van der Waals surface area contributed by atoms with Crippen LogP contribution in [0.25, 0.3) is 0 Å². The first kappa shape index (κ1) is 18.3. The second-order valence-electron chi connectivity index (χ2n) is 6.11. The third-order valence-corrected chi connectivity index (χ3v) is 4.29. The van der Waals surface area contributed by atoms with Gasteiger partial charge in [-0.3, -0.25) is 0 Å². The van der Waals surface area contributed by atoms with Crippen molar-refractivity contribution in [2.45, 2.75) is 39.2 Å². The largest absolute Gasteiger partial charge is 0.497 e. The number of benzene rings is 2. The summed E-state index contributed by atoms with van der Waals surface area (Å²) in [6.45, 7) is 6.52. The van der Waals surface area contributed by atoms with Gasteiger partial charge >= 0.3 is 0 Å². The molecule has 0 spiro atoms. The van der Waals surface area contributed by atoms with Crippen molar-refractivity contribution >= 4 is 23.0 Å². The van der Waals surface area contributed by atoms with Crippen LogP contribution in [0.15, 0.2) is 48.5 Å². The zero-order valence-corrected chi connectivity index (χ0v) is 15.6. The van der Waals surface area contributed by atoms with Crippen molar-refractivity contribution in [1.82, 2.24) is 5.32 Å². The smallest absolute Gasteiger partial charge is 0.171 e. The summed E-state index contributed by atoms with van der Waals surface area (Å²) >= 11 is 5.46. The molecule has 0 aromatic heterocycles. The van der Waals surface area contributed by atoms with E-state index < -0.39 is 0 Å². The quantitative estimate of drug-likeness (QED) is 0.702. The van der Waals surface area contributed by atoms with E-state index in [0.717, 1.165) is 17.9 Å².